The minimum absolute atomic E-state index is 0.132. The van der Waals surface area contributed by atoms with Crippen LogP contribution in [0.25, 0.3) is 0 Å². The Morgan fingerprint density at radius 3 is 2.18 bits per heavy atom. The van der Waals surface area contributed by atoms with Gasteiger partial charge in [0.2, 0.25) is 5.91 Å². The van der Waals surface area contributed by atoms with Crippen LogP contribution >= 0.6 is 31.9 Å². The van der Waals surface area contributed by atoms with Crippen molar-refractivity contribution in [3.05, 3.63) is 51.4 Å². The Bertz CT molecular complexity index is 805. The van der Waals surface area contributed by atoms with E-state index < -0.39 is 10.0 Å². The van der Waals surface area contributed by atoms with Crippen LogP contribution in [0.2, 0.25) is 0 Å². The zero-order valence-electron chi connectivity index (χ0n) is 11.4. The number of benzene rings is 2. The molecule has 0 heterocycles. The van der Waals surface area contributed by atoms with E-state index in [1.165, 1.54) is 13.0 Å². The van der Waals surface area contributed by atoms with Gasteiger partial charge in [-0.2, -0.15) is 0 Å². The van der Waals surface area contributed by atoms with Crippen LogP contribution in [-0.4, -0.2) is 14.3 Å². The van der Waals surface area contributed by atoms with Crippen LogP contribution in [0.1, 0.15) is 6.92 Å². The van der Waals surface area contributed by atoms with Crippen molar-refractivity contribution in [3.63, 3.8) is 0 Å². The molecule has 0 fully saturated rings. The molecule has 2 rings (SSSR count). The predicted octanol–water partition coefficient (Wildman–Crippen LogP) is 3.97. The Labute approximate surface area is 145 Å². The Kier molecular flexibility index (Phi) is 5.25. The smallest absolute Gasteiger partial charge is 0.263 e. The second kappa shape index (κ2) is 6.80. The zero-order chi connectivity index (χ0) is 16.3. The van der Waals surface area contributed by atoms with E-state index in [1.807, 2.05) is 0 Å². The van der Waals surface area contributed by atoms with E-state index in [-0.39, 0.29) is 10.8 Å². The van der Waals surface area contributed by atoms with Crippen molar-refractivity contribution in [1.82, 2.24) is 0 Å². The third-order valence-corrected chi connectivity index (χ3v) is 5.51. The van der Waals surface area contributed by atoms with Crippen LogP contribution in [0.5, 0.6) is 0 Å². The number of carbonyl (C=O) groups is 1. The van der Waals surface area contributed by atoms with Gasteiger partial charge in [-0.1, -0.05) is 15.9 Å². The number of amides is 1. The highest BCUT2D eigenvalue weighted by Crippen LogP contribution is 2.27. The number of sulfonamides is 1. The normalized spacial score (nSPS) is 11.0. The summed E-state index contributed by atoms with van der Waals surface area (Å²) < 4.78 is 28.4. The summed E-state index contributed by atoms with van der Waals surface area (Å²) in [5.74, 6) is -0.189. The molecule has 0 radical (unpaired) electrons. The second-order valence-corrected chi connectivity index (χ2v) is 7.86. The molecule has 22 heavy (non-hydrogen) atoms. The molecule has 116 valence electrons. The molecule has 0 saturated carbocycles. The van der Waals surface area contributed by atoms with Gasteiger partial charge in [-0.25, -0.2) is 8.42 Å². The molecule has 0 atom stereocenters. The number of nitrogens with one attached hydrogen (secondary N) is 2. The third kappa shape index (κ3) is 4.31. The lowest BCUT2D eigenvalue weighted by Gasteiger charge is -2.11. The molecule has 8 heteroatoms. The number of rotatable bonds is 4. The van der Waals surface area contributed by atoms with Gasteiger partial charge >= 0.3 is 0 Å². The third-order valence-electron chi connectivity index (χ3n) is 2.64. The maximum Gasteiger partial charge on any atom is 0.263 e. The zero-order valence-corrected chi connectivity index (χ0v) is 15.4. The highest BCUT2D eigenvalue weighted by Gasteiger charge is 2.18. The molecule has 2 aromatic carbocycles. The average Bonchev–Trinajstić information content (AvgIpc) is 2.43. The van der Waals surface area contributed by atoms with E-state index in [2.05, 4.69) is 41.9 Å². The van der Waals surface area contributed by atoms with Gasteiger partial charge in [0.25, 0.3) is 10.0 Å². The van der Waals surface area contributed by atoms with E-state index in [4.69, 9.17) is 0 Å². The first-order valence-corrected chi connectivity index (χ1v) is 9.20. The van der Waals surface area contributed by atoms with E-state index >= 15 is 0 Å². The van der Waals surface area contributed by atoms with Crippen molar-refractivity contribution in [2.24, 2.45) is 0 Å². The average molecular weight is 448 g/mol. The Hall–Kier alpha value is -1.38. The first kappa shape index (κ1) is 17.0. The fraction of sp³-hybridized carbons (Fsp3) is 0.0714. The second-order valence-electron chi connectivity index (χ2n) is 4.44. The van der Waals surface area contributed by atoms with Crippen LogP contribution in [-0.2, 0) is 14.8 Å². The van der Waals surface area contributed by atoms with Crippen LogP contribution in [0.3, 0.4) is 0 Å². The molecule has 2 aromatic rings. The number of carbonyl (C=O) groups excluding carboxylic acids is 1. The van der Waals surface area contributed by atoms with Crippen LogP contribution in [0.4, 0.5) is 11.4 Å². The summed E-state index contributed by atoms with van der Waals surface area (Å²) in [6.45, 7) is 1.40. The van der Waals surface area contributed by atoms with Crippen molar-refractivity contribution in [2.45, 2.75) is 11.8 Å². The van der Waals surface area contributed by atoms with Crippen molar-refractivity contribution in [1.29, 1.82) is 0 Å². The maximum absolute atomic E-state index is 12.4. The molecule has 0 aliphatic heterocycles. The Morgan fingerprint density at radius 1 is 1.00 bits per heavy atom. The van der Waals surface area contributed by atoms with Crippen LogP contribution < -0.4 is 10.0 Å². The fourth-order valence-electron chi connectivity index (χ4n) is 1.72. The standard InChI is InChI=1S/C14H12Br2N2O3S/c1-9(19)17-11-3-5-12(6-4-11)18-22(20,21)14-8-10(15)2-7-13(14)16/h2-8,18H,1H3,(H,17,19). The number of anilines is 2. The van der Waals surface area contributed by atoms with Gasteiger partial charge in [0.15, 0.2) is 0 Å². The molecule has 0 saturated heterocycles. The van der Waals surface area contributed by atoms with E-state index in [0.29, 0.717) is 20.3 Å². The molecular formula is C14H12Br2N2O3S. The largest absolute Gasteiger partial charge is 0.326 e. The van der Waals surface area contributed by atoms with E-state index in [0.717, 1.165) is 0 Å². The van der Waals surface area contributed by atoms with Crippen LogP contribution in [0.15, 0.2) is 56.3 Å². The molecular weight excluding hydrogens is 436 g/mol. The Morgan fingerprint density at radius 2 is 1.59 bits per heavy atom. The first-order chi connectivity index (χ1) is 10.3. The molecule has 0 aromatic heterocycles. The molecule has 0 bridgehead atoms. The maximum atomic E-state index is 12.4. The number of hydrogen-bond acceptors (Lipinski definition) is 3. The van der Waals surface area contributed by atoms with Crippen molar-refractivity contribution in [3.8, 4) is 0 Å². The summed E-state index contributed by atoms with van der Waals surface area (Å²) >= 11 is 6.48. The molecule has 2 N–H and O–H groups in total. The molecule has 5 nitrogen and oxygen atoms in total. The van der Waals surface area contributed by atoms with E-state index in [9.17, 15) is 13.2 Å². The minimum Gasteiger partial charge on any atom is -0.326 e. The van der Waals surface area contributed by atoms with Crippen molar-refractivity contribution < 1.29 is 13.2 Å². The van der Waals surface area contributed by atoms with Gasteiger partial charge < -0.3 is 5.32 Å². The molecule has 0 aliphatic carbocycles. The summed E-state index contributed by atoms with van der Waals surface area (Å²) in [6, 6.07) is 11.3. The summed E-state index contributed by atoms with van der Waals surface area (Å²) in [5.41, 5.74) is 1.00. The SMILES string of the molecule is CC(=O)Nc1ccc(NS(=O)(=O)c2cc(Br)ccc2Br)cc1. The van der Waals surface area contributed by atoms with Gasteiger partial charge in [-0.05, 0) is 58.4 Å². The monoisotopic (exact) mass is 446 g/mol. The minimum atomic E-state index is -3.72. The first-order valence-electron chi connectivity index (χ1n) is 6.13. The van der Waals surface area contributed by atoms with Gasteiger partial charge in [0, 0.05) is 27.2 Å². The van der Waals surface area contributed by atoms with Crippen molar-refractivity contribution in [2.75, 3.05) is 10.0 Å². The van der Waals surface area contributed by atoms with Crippen LogP contribution in [0, 0.1) is 0 Å². The topological polar surface area (TPSA) is 75.3 Å². The lowest BCUT2D eigenvalue weighted by Crippen LogP contribution is -2.13. The summed E-state index contributed by atoms with van der Waals surface area (Å²) in [4.78, 5) is 11.1. The fourth-order valence-corrected chi connectivity index (χ4v) is 4.28. The highest BCUT2D eigenvalue weighted by molar-refractivity contribution is 9.11. The molecule has 0 aliphatic rings. The predicted molar refractivity (Wildman–Crippen MR) is 93.4 cm³/mol. The lowest BCUT2D eigenvalue weighted by atomic mass is 10.3. The molecule has 1 amide bonds. The van der Waals surface area contributed by atoms with Gasteiger partial charge in [-0.3, -0.25) is 9.52 Å². The van der Waals surface area contributed by atoms with E-state index in [1.54, 1.807) is 36.4 Å². The molecule has 0 spiro atoms. The summed E-state index contributed by atoms with van der Waals surface area (Å²) in [6.07, 6.45) is 0. The summed E-state index contributed by atoms with van der Waals surface area (Å²) in [7, 11) is -3.72. The number of halogens is 2. The quantitative estimate of drug-likeness (QED) is 0.744. The number of hydrogen-bond donors (Lipinski definition) is 2. The van der Waals surface area contributed by atoms with Gasteiger partial charge in [-0.15, -0.1) is 0 Å². The van der Waals surface area contributed by atoms with Gasteiger partial charge in [0.05, 0.1) is 0 Å². The lowest BCUT2D eigenvalue weighted by molar-refractivity contribution is -0.114. The highest BCUT2D eigenvalue weighted by atomic mass is 79.9. The van der Waals surface area contributed by atoms with Crippen molar-refractivity contribution >= 4 is 59.2 Å². The summed E-state index contributed by atoms with van der Waals surface area (Å²) in [5, 5.41) is 2.61. The van der Waals surface area contributed by atoms with Gasteiger partial charge in [0.1, 0.15) is 4.90 Å². The molecule has 0 unspecified atom stereocenters. The Balaban J connectivity index is 2.25.